The highest BCUT2D eigenvalue weighted by Crippen LogP contribution is 2.16. The third-order valence-corrected chi connectivity index (χ3v) is 2.50. The largest absolute Gasteiger partial charge is 0.368 e. The van der Waals surface area contributed by atoms with Gasteiger partial charge in [0.05, 0.1) is 5.66 Å². The summed E-state index contributed by atoms with van der Waals surface area (Å²) in [4.78, 5) is 15.8. The molecule has 14 heavy (non-hydrogen) atoms. The first-order valence-corrected chi connectivity index (χ1v) is 8.48. The molecule has 0 amide bonds. The average Bonchev–Trinajstić information content (AvgIpc) is 2.10. The molecule has 0 radical (unpaired) electrons. The van der Waals surface area contributed by atoms with E-state index in [0.717, 1.165) is 0 Å². The van der Waals surface area contributed by atoms with E-state index in [9.17, 15) is 9.36 Å². The molecule has 0 rings (SSSR count). The van der Waals surface area contributed by atoms with Gasteiger partial charge < -0.3 is 4.89 Å². The number of rotatable bonds is 5. The van der Waals surface area contributed by atoms with Crippen LogP contribution in [0, 0.1) is 0 Å². The van der Waals surface area contributed by atoms with E-state index in [1.807, 2.05) is 19.6 Å². The number of carbonyl (C=O) groups is 1. The van der Waals surface area contributed by atoms with Crippen molar-refractivity contribution in [3.05, 3.63) is 12.2 Å². The third-order valence-electron chi connectivity index (χ3n) is 1.29. The Morgan fingerprint density at radius 2 is 1.93 bits per heavy atom. The first kappa shape index (κ1) is 13.5. The summed E-state index contributed by atoms with van der Waals surface area (Å²) in [5.41, 5.74) is -0.285. The van der Waals surface area contributed by atoms with Crippen LogP contribution in [0.1, 0.15) is 6.92 Å². The molecule has 0 bridgehead atoms. The summed E-state index contributed by atoms with van der Waals surface area (Å²) in [5, 5.41) is 0. The van der Waals surface area contributed by atoms with Gasteiger partial charge in [0.15, 0.2) is 8.46 Å². The molecule has 0 heterocycles. The van der Waals surface area contributed by atoms with Crippen LogP contribution in [-0.4, -0.2) is 19.9 Å². The van der Waals surface area contributed by atoms with Crippen molar-refractivity contribution < 1.29 is 18.8 Å². The molecule has 0 saturated heterocycles. The fourth-order valence-corrected chi connectivity index (χ4v) is 1.01. The lowest BCUT2D eigenvalue weighted by atomic mass is 10.2. The van der Waals surface area contributed by atoms with Crippen LogP contribution in [0.15, 0.2) is 12.2 Å². The molecule has 0 fully saturated rings. The Kier molecular flexibility index (Phi) is 5.19. The maximum Gasteiger partial charge on any atom is 0.368 e. The Morgan fingerprint density at radius 3 is 2.29 bits per heavy atom. The first-order chi connectivity index (χ1) is 6.28. The van der Waals surface area contributed by atoms with Gasteiger partial charge >= 0.3 is 5.97 Å². The fourth-order valence-electron chi connectivity index (χ4n) is 0.451. The van der Waals surface area contributed by atoms with Crippen molar-refractivity contribution in [2.24, 2.45) is 0 Å². The Labute approximate surface area is 86.5 Å². The highest BCUT2D eigenvalue weighted by molar-refractivity contribution is 7.25. The Bertz CT molecular complexity index is 246. The standard InChI is InChI=1S/C8H15O4PSi/c1-6(7(2)13-10)8(9)11-12-14(3,4)5/h7H,1H2,2-5H3. The summed E-state index contributed by atoms with van der Waals surface area (Å²) in [5.74, 6) is -0.650. The lowest BCUT2D eigenvalue weighted by molar-refractivity contribution is -0.214. The van der Waals surface area contributed by atoms with Crippen molar-refractivity contribution in [1.82, 2.24) is 0 Å². The van der Waals surface area contributed by atoms with Crippen LogP contribution in [0.25, 0.3) is 0 Å². The van der Waals surface area contributed by atoms with Crippen molar-refractivity contribution in [2.45, 2.75) is 32.2 Å². The second-order valence-corrected chi connectivity index (χ2v) is 9.25. The molecule has 6 heteroatoms. The molecule has 1 unspecified atom stereocenters. The molecule has 0 aromatic carbocycles. The minimum absolute atomic E-state index is 0.149. The van der Waals surface area contributed by atoms with Crippen LogP contribution in [0.5, 0.6) is 0 Å². The average molecular weight is 234 g/mol. The Morgan fingerprint density at radius 1 is 1.43 bits per heavy atom. The van der Waals surface area contributed by atoms with Gasteiger partial charge in [-0.2, -0.15) is 0 Å². The summed E-state index contributed by atoms with van der Waals surface area (Å²) >= 11 is 0. The first-order valence-electron chi connectivity index (χ1n) is 4.19. The molecular formula is C8H15O4PSi. The molecule has 0 saturated carbocycles. The van der Waals surface area contributed by atoms with Crippen molar-refractivity contribution >= 4 is 22.7 Å². The number of hydrogen-bond donors (Lipinski definition) is 0. The molecule has 0 aliphatic carbocycles. The van der Waals surface area contributed by atoms with Gasteiger partial charge in [-0.05, 0) is 26.6 Å². The minimum atomic E-state index is -1.88. The fraction of sp³-hybridized carbons (Fsp3) is 0.625. The van der Waals surface area contributed by atoms with E-state index >= 15 is 0 Å². The van der Waals surface area contributed by atoms with Gasteiger partial charge in [0.1, 0.15) is 0 Å². The van der Waals surface area contributed by atoms with Gasteiger partial charge in [-0.25, -0.2) is 9.37 Å². The minimum Gasteiger partial charge on any atom is -0.305 e. The second-order valence-electron chi connectivity index (χ2n) is 3.87. The van der Waals surface area contributed by atoms with Crippen molar-refractivity contribution in [3.8, 4) is 0 Å². The van der Waals surface area contributed by atoms with Gasteiger partial charge in [-0.15, -0.1) is 0 Å². The summed E-state index contributed by atoms with van der Waals surface area (Å²) in [6, 6.07) is 0. The van der Waals surface area contributed by atoms with Gasteiger partial charge in [0.2, 0.25) is 8.32 Å². The smallest absolute Gasteiger partial charge is 0.305 e. The predicted octanol–water partition coefficient (Wildman–Crippen LogP) is 2.53. The van der Waals surface area contributed by atoms with E-state index < -0.39 is 19.9 Å². The molecule has 0 aromatic rings. The van der Waals surface area contributed by atoms with Crippen LogP contribution in [0.3, 0.4) is 0 Å². The van der Waals surface area contributed by atoms with Crippen LogP contribution in [0.4, 0.5) is 0 Å². The van der Waals surface area contributed by atoms with E-state index in [1.165, 1.54) is 0 Å². The number of hydrogen-bond acceptors (Lipinski definition) is 4. The molecule has 0 aromatic heterocycles. The zero-order valence-corrected chi connectivity index (χ0v) is 10.8. The van der Waals surface area contributed by atoms with E-state index in [4.69, 9.17) is 4.58 Å². The molecule has 0 spiro atoms. The zero-order chi connectivity index (χ0) is 11.4. The molecule has 0 N–H and O–H groups in total. The van der Waals surface area contributed by atoms with E-state index in [-0.39, 0.29) is 14.0 Å². The summed E-state index contributed by atoms with van der Waals surface area (Å²) in [7, 11) is -2.02. The lowest BCUT2D eigenvalue weighted by Gasteiger charge is -2.15. The van der Waals surface area contributed by atoms with Crippen LogP contribution in [-0.2, 0) is 18.8 Å². The SMILES string of the molecule is C=C(C(=O)OO[Si](C)(C)C)C(C)P=O. The molecular weight excluding hydrogens is 219 g/mol. The molecule has 0 aliphatic heterocycles. The highest BCUT2D eigenvalue weighted by atomic mass is 31.1. The van der Waals surface area contributed by atoms with Gasteiger partial charge in [-0.1, -0.05) is 6.58 Å². The highest BCUT2D eigenvalue weighted by Gasteiger charge is 2.22. The third kappa shape index (κ3) is 5.27. The second kappa shape index (κ2) is 5.39. The van der Waals surface area contributed by atoms with Crippen molar-refractivity contribution in [3.63, 3.8) is 0 Å². The molecule has 4 nitrogen and oxygen atoms in total. The predicted molar refractivity (Wildman–Crippen MR) is 56.7 cm³/mol. The summed E-state index contributed by atoms with van der Waals surface area (Å²) in [6.07, 6.45) is 0. The van der Waals surface area contributed by atoms with E-state index in [0.29, 0.717) is 0 Å². The lowest BCUT2D eigenvalue weighted by Crippen LogP contribution is -2.28. The van der Waals surface area contributed by atoms with Crippen LogP contribution < -0.4 is 0 Å². The molecule has 0 aliphatic rings. The van der Waals surface area contributed by atoms with Crippen LogP contribution >= 0.6 is 8.46 Å². The van der Waals surface area contributed by atoms with Gasteiger partial charge in [0, 0.05) is 5.57 Å². The molecule has 80 valence electrons. The van der Waals surface area contributed by atoms with E-state index in [2.05, 4.69) is 11.5 Å². The maximum absolute atomic E-state index is 11.2. The number of carbonyl (C=O) groups excluding carboxylic acids is 1. The van der Waals surface area contributed by atoms with Gasteiger partial charge in [0.25, 0.3) is 0 Å². The summed E-state index contributed by atoms with van der Waals surface area (Å²) < 4.78 is 15.4. The van der Waals surface area contributed by atoms with Crippen molar-refractivity contribution in [2.75, 3.05) is 0 Å². The Hall–Kier alpha value is -0.513. The normalized spacial score (nSPS) is 13.7. The van der Waals surface area contributed by atoms with Crippen molar-refractivity contribution in [1.29, 1.82) is 0 Å². The quantitative estimate of drug-likeness (QED) is 0.241. The van der Waals surface area contributed by atoms with Crippen LogP contribution in [0.2, 0.25) is 19.6 Å². The maximum atomic E-state index is 11.2. The monoisotopic (exact) mass is 234 g/mol. The molecule has 1 atom stereocenters. The zero-order valence-electron chi connectivity index (χ0n) is 8.86. The van der Waals surface area contributed by atoms with Gasteiger partial charge in [-0.3, -0.25) is 4.57 Å². The summed E-state index contributed by atoms with van der Waals surface area (Å²) in [6.45, 7) is 10.8. The Balaban J connectivity index is 4.10. The topological polar surface area (TPSA) is 52.6 Å². The van der Waals surface area contributed by atoms with E-state index in [1.54, 1.807) is 6.92 Å².